The molecule has 2 N–H and O–H groups in total. The predicted octanol–water partition coefficient (Wildman–Crippen LogP) is 3.15. The van der Waals surface area contributed by atoms with Gasteiger partial charge in [0.25, 0.3) is 0 Å². The van der Waals surface area contributed by atoms with Gasteiger partial charge in [-0.15, -0.1) is 0 Å². The molecule has 0 bridgehead atoms. The van der Waals surface area contributed by atoms with Crippen LogP contribution < -0.4 is 5.32 Å². The number of aryl methyl sites for hydroxylation is 1. The van der Waals surface area contributed by atoms with E-state index < -0.39 is 11.5 Å². The minimum atomic E-state index is -0.763. The van der Waals surface area contributed by atoms with E-state index in [4.69, 9.17) is 0 Å². The summed E-state index contributed by atoms with van der Waals surface area (Å²) in [6.07, 6.45) is 4.43. The fraction of sp³-hybridized carbons (Fsp3) is 0.321. The molecule has 1 saturated carbocycles. The Morgan fingerprint density at radius 2 is 1.90 bits per heavy atom. The Bertz CT molecular complexity index is 1670. The molecule has 1 aliphatic heterocycles. The number of carbonyl (C=O) groups excluding carboxylic acids is 3. The Labute approximate surface area is 237 Å². The minimum Gasteiger partial charge on any atom is -0.396 e. The number of likely N-dealkylation sites (tertiary alicyclic amines) is 1. The third kappa shape index (κ3) is 4.56. The molecule has 1 aromatic carbocycles. The Morgan fingerprint density at radius 3 is 2.60 bits per heavy atom. The van der Waals surface area contributed by atoms with Crippen LogP contribution in [0.5, 0.6) is 0 Å². The van der Waals surface area contributed by atoms with Gasteiger partial charge in [0.2, 0.25) is 11.8 Å². The average molecular weight is 604 g/mol. The van der Waals surface area contributed by atoms with Gasteiger partial charge in [-0.3, -0.25) is 19.1 Å². The maximum atomic E-state index is 13.8. The van der Waals surface area contributed by atoms with Gasteiger partial charge in [0.05, 0.1) is 12.1 Å². The number of halogens is 1. The van der Waals surface area contributed by atoms with Crippen LogP contribution in [0.4, 0.5) is 5.82 Å². The topological polar surface area (TPSA) is 143 Å². The monoisotopic (exact) mass is 603 g/mol. The van der Waals surface area contributed by atoms with Gasteiger partial charge in [0, 0.05) is 41.7 Å². The fourth-order valence-electron chi connectivity index (χ4n) is 5.62. The number of hydrogen-bond donors (Lipinski definition) is 2. The Morgan fingerprint density at radius 1 is 1.12 bits per heavy atom. The molecule has 6 rings (SSSR count). The highest BCUT2D eigenvalue weighted by atomic mass is 79.9. The van der Waals surface area contributed by atoms with E-state index in [0.717, 1.165) is 11.1 Å². The zero-order chi connectivity index (χ0) is 28.2. The number of Topliss-reactive ketones (excluding diaryl/α,β-unsaturated/α-hetero) is 1. The summed E-state index contributed by atoms with van der Waals surface area (Å²) in [6, 6.07) is 9.71. The molecule has 40 heavy (non-hydrogen) atoms. The van der Waals surface area contributed by atoms with E-state index in [2.05, 4.69) is 41.3 Å². The molecule has 11 nitrogen and oxygen atoms in total. The number of piperidine rings is 1. The molecule has 3 atom stereocenters. The highest BCUT2D eigenvalue weighted by Gasteiger charge is 2.66. The van der Waals surface area contributed by atoms with E-state index in [1.165, 1.54) is 11.6 Å². The quantitative estimate of drug-likeness (QED) is 0.242. The lowest BCUT2D eigenvalue weighted by Crippen LogP contribution is -2.46. The first kappa shape index (κ1) is 26.2. The van der Waals surface area contributed by atoms with Gasteiger partial charge in [-0.1, -0.05) is 12.1 Å². The molecule has 4 heterocycles. The highest BCUT2D eigenvalue weighted by molar-refractivity contribution is 9.10. The van der Waals surface area contributed by atoms with Crippen LogP contribution in [0.15, 0.2) is 53.4 Å². The van der Waals surface area contributed by atoms with Crippen molar-refractivity contribution >= 4 is 50.2 Å². The van der Waals surface area contributed by atoms with Gasteiger partial charge in [0.1, 0.15) is 34.5 Å². The van der Waals surface area contributed by atoms with Crippen molar-refractivity contribution in [2.45, 2.75) is 45.3 Å². The Hall–Kier alpha value is -4.03. The lowest BCUT2D eigenvalue weighted by molar-refractivity contribution is -0.138. The van der Waals surface area contributed by atoms with E-state index in [-0.39, 0.29) is 42.5 Å². The first-order chi connectivity index (χ1) is 19.2. The van der Waals surface area contributed by atoms with Crippen LogP contribution in [0.1, 0.15) is 36.1 Å². The first-order valence-electron chi connectivity index (χ1n) is 12.8. The summed E-state index contributed by atoms with van der Waals surface area (Å²) >= 11 is 3.30. The van der Waals surface area contributed by atoms with Gasteiger partial charge in [-0.25, -0.2) is 15.0 Å². The van der Waals surface area contributed by atoms with Crippen molar-refractivity contribution in [2.24, 2.45) is 5.41 Å². The number of amides is 2. The zero-order valence-corrected chi connectivity index (χ0v) is 23.4. The van der Waals surface area contributed by atoms with Crippen molar-refractivity contribution in [3.8, 4) is 11.1 Å². The number of hydrogen-bond acceptors (Lipinski definition) is 8. The van der Waals surface area contributed by atoms with E-state index >= 15 is 0 Å². The number of nitrogens with one attached hydrogen (secondary N) is 1. The molecular formula is C28H26BrN7O4. The molecule has 4 aromatic rings. The number of rotatable bonds is 7. The molecule has 1 aliphatic carbocycles. The van der Waals surface area contributed by atoms with Crippen molar-refractivity contribution in [3.05, 3.63) is 64.9 Å². The van der Waals surface area contributed by atoms with Gasteiger partial charge >= 0.3 is 0 Å². The predicted molar refractivity (Wildman–Crippen MR) is 149 cm³/mol. The van der Waals surface area contributed by atoms with E-state index in [1.54, 1.807) is 42.4 Å². The second-order valence-electron chi connectivity index (χ2n) is 10.4. The SMILES string of the molecule is CC(=O)c1nn(CC(=O)N2C3C[C@]3(CO)C[C@H]2C(=O)Nc2cccc(Br)n2)c2ccc(-c3cnc(C)nc3)cc12. The molecule has 2 fully saturated rings. The number of benzene rings is 1. The smallest absolute Gasteiger partial charge is 0.248 e. The van der Waals surface area contributed by atoms with Crippen LogP contribution in [-0.4, -0.2) is 71.0 Å². The van der Waals surface area contributed by atoms with Crippen molar-refractivity contribution in [3.63, 3.8) is 0 Å². The molecule has 204 valence electrons. The summed E-state index contributed by atoms with van der Waals surface area (Å²) in [5.41, 5.74) is 2.02. The van der Waals surface area contributed by atoms with Crippen LogP contribution in [0.3, 0.4) is 0 Å². The number of anilines is 1. The number of carbonyl (C=O) groups is 3. The molecule has 12 heteroatoms. The summed E-state index contributed by atoms with van der Waals surface area (Å²) in [7, 11) is 0. The third-order valence-corrected chi connectivity index (χ3v) is 8.21. The summed E-state index contributed by atoms with van der Waals surface area (Å²) in [5, 5.41) is 18.0. The molecule has 2 amide bonds. The van der Waals surface area contributed by atoms with Gasteiger partial charge in [-0.05, 0) is 65.5 Å². The van der Waals surface area contributed by atoms with E-state index in [9.17, 15) is 19.5 Å². The highest BCUT2D eigenvalue weighted by Crippen LogP contribution is 2.59. The second-order valence-corrected chi connectivity index (χ2v) is 11.2. The Kier molecular flexibility index (Phi) is 6.46. The third-order valence-electron chi connectivity index (χ3n) is 7.77. The number of aliphatic hydroxyl groups is 1. The molecule has 2 aliphatic rings. The summed E-state index contributed by atoms with van der Waals surface area (Å²) in [5.74, 6) is 0.122. The summed E-state index contributed by atoms with van der Waals surface area (Å²) < 4.78 is 2.08. The van der Waals surface area contributed by atoms with Crippen LogP contribution in [0, 0.1) is 12.3 Å². The minimum absolute atomic E-state index is 0.106. The van der Waals surface area contributed by atoms with Gasteiger partial charge in [0.15, 0.2) is 5.78 Å². The summed E-state index contributed by atoms with van der Waals surface area (Å²) in [4.78, 5) is 53.9. The summed E-state index contributed by atoms with van der Waals surface area (Å²) in [6.45, 7) is 2.98. The van der Waals surface area contributed by atoms with Crippen molar-refractivity contribution < 1.29 is 19.5 Å². The molecule has 1 saturated heterocycles. The van der Waals surface area contributed by atoms with Crippen molar-refractivity contribution in [1.29, 1.82) is 0 Å². The van der Waals surface area contributed by atoms with E-state index in [0.29, 0.717) is 40.0 Å². The van der Waals surface area contributed by atoms with Crippen LogP contribution in [0.25, 0.3) is 22.0 Å². The van der Waals surface area contributed by atoms with Crippen molar-refractivity contribution in [2.75, 3.05) is 11.9 Å². The van der Waals surface area contributed by atoms with Crippen LogP contribution in [-0.2, 0) is 16.1 Å². The van der Waals surface area contributed by atoms with Gasteiger partial charge in [-0.2, -0.15) is 5.10 Å². The largest absolute Gasteiger partial charge is 0.396 e. The van der Waals surface area contributed by atoms with Gasteiger partial charge < -0.3 is 15.3 Å². The number of pyridine rings is 1. The molecule has 0 radical (unpaired) electrons. The lowest BCUT2D eigenvalue weighted by atomic mass is 10.0. The number of nitrogens with zero attached hydrogens (tertiary/aromatic N) is 6. The van der Waals surface area contributed by atoms with Crippen LogP contribution in [0.2, 0.25) is 0 Å². The molecule has 3 aromatic heterocycles. The zero-order valence-electron chi connectivity index (χ0n) is 21.8. The number of aliphatic hydroxyl groups excluding tert-OH is 1. The second kappa shape index (κ2) is 9.86. The maximum Gasteiger partial charge on any atom is 0.248 e. The standard InChI is InChI=1S/C28H26BrN7O4/c1-15(38)26-19-8-17(18-11-30-16(2)31-12-18)6-7-20(19)35(34-26)13-25(39)36-21(9-28(14-37)10-22(28)36)27(40)33-24-5-3-4-23(29)32-24/h3-8,11-12,21-22,37H,9-10,13-14H2,1-2H3,(H,32,33,40)/t21-,22?,28-/m0/s1. The lowest BCUT2D eigenvalue weighted by Gasteiger charge is -2.26. The van der Waals surface area contributed by atoms with Crippen molar-refractivity contribution in [1.82, 2.24) is 29.6 Å². The molecule has 1 unspecified atom stereocenters. The number of ketones is 1. The van der Waals surface area contributed by atoms with E-state index in [1.807, 2.05) is 18.2 Å². The average Bonchev–Trinajstić information content (AvgIpc) is 3.36. The molecular weight excluding hydrogens is 578 g/mol. The molecule has 0 spiro atoms. The normalized spacial score (nSPS) is 21.4. The number of fused-ring (bicyclic) bond motifs is 2. The fourth-order valence-corrected chi connectivity index (χ4v) is 5.96. The maximum absolute atomic E-state index is 13.8. The first-order valence-corrected chi connectivity index (χ1v) is 13.6. The number of aromatic nitrogens is 5. The Balaban J connectivity index is 1.30. The van der Waals surface area contributed by atoms with Crippen LogP contribution >= 0.6 is 15.9 Å².